The van der Waals surface area contributed by atoms with E-state index >= 15 is 0 Å². The summed E-state index contributed by atoms with van der Waals surface area (Å²) in [6, 6.07) is 52.3. The van der Waals surface area contributed by atoms with Gasteiger partial charge < -0.3 is 4.90 Å². The van der Waals surface area contributed by atoms with Gasteiger partial charge in [-0.15, -0.1) is 11.3 Å². The highest BCUT2D eigenvalue weighted by Crippen LogP contribution is 2.55. The smallest absolute Gasteiger partial charge is 0.236 e. The van der Waals surface area contributed by atoms with Gasteiger partial charge in [-0.05, 0) is 103 Å². The largest absolute Gasteiger partial charge is 0.310 e. The summed E-state index contributed by atoms with van der Waals surface area (Å²) >= 11 is 1.84. The highest BCUT2D eigenvalue weighted by molar-refractivity contribution is 7.26. The van der Waals surface area contributed by atoms with Crippen LogP contribution < -0.4 is 4.90 Å². The van der Waals surface area contributed by atoms with Crippen molar-refractivity contribution >= 4 is 91.7 Å². The van der Waals surface area contributed by atoms with Crippen LogP contribution >= 0.6 is 11.3 Å². The molecule has 0 bridgehead atoms. The van der Waals surface area contributed by atoms with Crippen LogP contribution in [-0.4, -0.2) is 15.0 Å². The van der Waals surface area contributed by atoms with Crippen LogP contribution in [0.4, 0.5) is 17.1 Å². The quantitative estimate of drug-likeness (QED) is 0.165. The van der Waals surface area contributed by atoms with Crippen molar-refractivity contribution in [2.75, 3.05) is 4.90 Å². The normalized spacial score (nSPS) is 13.3. The van der Waals surface area contributed by atoms with Crippen LogP contribution in [0, 0.1) is 22.7 Å². The lowest BCUT2D eigenvalue weighted by Crippen LogP contribution is -2.30. The van der Waals surface area contributed by atoms with Crippen LogP contribution in [0.25, 0.3) is 74.6 Å². The molecule has 0 saturated heterocycles. The van der Waals surface area contributed by atoms with E-state index < -0.39 is 0 Å². The first kappa shape index (κ1) is 31.3. The summed E-state index contributed by atoms with van der Waals surface area (Å²) in [4.78, 5) is 15.1. The second-order valence-electron chi connectivity index (χ2n) is 14.7. The molecule has 11 rings (SSSR count). The monoisotopic (exact) mass is 720 g/mol. The molecule has 0 amide bonds. The zero-order chi connectivity index (χ0) is 37.0. The Morgan fingerprint density at radius 3 is 1.73 bits per heavy atom. The maximum absolute atomic E-state index is 9.61. The van der Waals surface area contributed by atoms with E-state index in [1.807, 2.05) is 41.7 Å². The topological polar surface area (TPSA) is 89.5 Å². The molecule has 8 aromatic carbocycles. The highest BCUT2D eigenvalue weighted by Gasteiger charge is 2.38. The minimum atomic E-state index is -0.331. The molecule has 1 aliphatic rings. The van der Waals surface area contributed by atoms with Crippen molar-refractivity contribution in [1.29, 1.82) is 10.5 Å². The van der Waals surface area contributed by atoms with Gasteiger partial charge in [0.2, 0.25) is 11.6 Å². The molecule has 0 radical (unpaired) electrons. The maximum atomic E-state index is 9.61. The minimum Gasteiger partial charge on any atom is -0.310 e. The standard InChI is InChI=1S/C48H28N6S/c1-48(2)39-19-27-10-3-4-11-28(27)20-41(39)54(30-13-9-12-29(18-30)47-52-45(25-49)51-46(26-50)53-47)42-24-44-38(22-40(42)48)37-21-35-33-16-7-5-14-31(33)32-15-6-8-17-34(32)36(35)23-43(37)55-44/h3-24H,1-2H3. The average Bonchev–Trinajstić information content (AvgIpc) is 3.58. The Morgan fingerprint density at radius 1 is 0.509 bits per heavy atom. The van der Waals surface area contributed by atoms with Gasteiger partial charge in [-0.3, -0.25) is 0 Å². The van der Waals surface area contributed by atoms with E-state index in [4.69, 9.17) is 0 Å². The van der Waals surface area contributed by atoms with E-state index in [0.29, 0.717) is 5.56 Å². The minimum absolute atomic E-state index is 0.0883. The highest BCUT2D eigenvalue weighted by atomic mass is 32.1. The van der Waals surface area contributed by atoms with Gasteiger partial charge in [0, 0.05) is 36.8 Å². The summed E-state index contributed by atoms with van der Waals surface area (Å²) in [6.45, 7) is 4.67. The number of aromatic nitrogens is 3. The summed E-state index contributed by atoms with van der Waals surface area (Å²) in [7, 11) is 0. The van der Waals surface area contributed by atoms with Crippen LogP contribution in [0.2, 0.25) is 0 Å². The van der Waals surface area contributed by atoms with Crippen LogP contribution in [0.3, 0.4) is 0 Å². The van der Waals surface area contributed by atoms with Gasteiger partial charge in [0.25, 0.3) is 0 Å². The summed E-state index contributed by atoms with van der Waals surface area (Å²) in [5.41, 5.74) is 5.95. The van der Waals surface area contributed by atoms with Crippen molar-refractivity contribution < 1.29 is 0 Å². The van der Waals surface area contributed by atoms with Crippen molar-refractivity contribution in [2.45, 2.75) is 19.3 Å². The van der Waals surface area contributed by atoms with E-state index in [1.165, 1.54) is 69.0 Å². The van der Waals surface area contributed by atoms with Crippen molar-refractivity contribution in [3.63, 3.8) is 0 Å². The first-order valence-corrected chi connectivity index (χ1v) is 19.0. The van der Waals surface area contributed by atoms with E-state index in [1.54, 1.807) is 0 Å². The Balaban J connectivity index is 1.20. The number of hydrogen-bond acceptors (Lipinski definition) is 7. The molecule has 6 nitrogen and oxygen atoms in total. The predicted molar refractivity (Wildman–Crippen MR) is 224 cm³/mol. The Hall–Kier alpha value is -7.19. The first-order chi connectivity index (χ1) is 26.9. The number of nitriles is 2. The van der Waals surface area contributed by atoms with E-state index in [2.05, 4.69) is 149 Å². The fourth-order valence-electron chi connectivity index (χ4n) is 8.75. The zero-order valence-electron chi connectivity index (χ0n) is 29.8. The van der Waals surface area contributed by atoms with E-state index in [9.17, 15) is 10.5 Å². The third-order valence-corrected chi connectivity index (χ3v) is 12.5. The van der Waals surface area contributed by atoms with Crippen LogP contribution in [-0.2, 0) is 5.41 Å². The molecule has 55 heavy (non-hydrogen) atoms. The van der Waals surface area contributed by atoms with E-state index in [0.717, 1.165) is 22.4 Å². The lowest BCUT2D eigenvalue weighted by atomic mass is 9.72. The van der Waals surface area contributed by atoms with Crippen molar-refractivity contribution in [3.8, 4) is 23.5 Å². The molecule has 2 aromatic heterocycles. The molecule has 256 valence electrons. The van der Waals surface area contributed by atoms with Crippen molar-refractivity contribution in [1.82, 2.24) is 15.0 Å². The third kappa shape index (κ3) is 4.54. The van der Waals surface area contributed by atoms with Gasteiger partial charge in [-0.2, -0.15) is 25.5 Å². The number of fused-ring (bicyclic) bond motifs is 12. The summed E-state index contributed by atoms with van der Waals surface area (Å²) in [5, 5.41) is 31.7. The number of hydrogen-bond donors (Lipinski definition) is 0. The van der Waals surface area contributed by atoms with Gasteiger partial charge in [-0.1, -0.05) is 98.8 Å². The number of rotatable bonds is 2. The fraction of sp³-hybridized carbons (Fsp3) is 0.0625. The fourth-order valence-corrected chi connectivity index (χ4v) is 9.89. The SMILES string of the molecule is CC1(C)c2cc3ccccc3cc2N(c2cccc(-c3nc(C#N)nc(C#N)n3)c2)c2cc3sc4cc5c6ccccc6c6ccccc6c5cc4c3cc21. The van der Waals surface area contributed by atoms with Gasteiger partial charge in [0.15, 0.2) is 5.82 Å². The third-order valence-electron chi connectivity index (χ3n) is 11.3. The van der Waals surface area contributed by atoms with Gasteiger partial charge in [-0.25, -0.2) is 0 Å². The van der Waals surface area contributed by atoms with E-state index in [-0.39, 0.29) is 22.9 Å². The number of nitrogens with zero attached hydrogens (tertiary/aromatic N) is 6. The molecule has 1 aliphatic heterocycles. The number of thiophene rings is 1. The molecule has 0 N–H and O–H groups in total. The molecule has 10 aromatic rings. The zero-order valence-corrected chi connectivity index (χ0v) is 30.6. The van der Waals surface area contributed by atoms with Crippen LogP contribution in [0.1, 0.15) is 36.6 Å². The van der Waals surface area contributed by atoms with Gasteiger partial charge in [0.05, 0.1) is 11.4 Å². The molecule has 3 heterocycles. The Labute approximate surface area is 319 Å². The Kier molecular flexibility index (Phi) is 6.50. The molecule has 0 spiro atoms. The molecular weight excluding hydrogens is 693 g/mol. The maximum Gasteiger partial charge on any atom is 0.236 e. The predicted octanol–water partition coefficient (Wildman–Crippen LogP) is 12.4. The second-order valence-corrected chi connectivity index (χ2v) is 15.8. The molecule has 0 aliphatic carbocycles. The van der Waals surface area contributed by atoms with Crippen molar-refractivity contribution in [3.05, 3.63) is 156 Å². The average molecular weight is 721 g/mol. The van der Waals surface area contributed by atoms with Crippen molar-refractivity contribution in [2.24, 2.45) is 0 Å². The van der Waals surface area contributed by atoms with Crippen LogP contribution in [0.5, 0.6) is 0 Å². The number of anilines is 3. The lowest BCUT2D eigenvalue weighted by molar-refractivity contribution is 0.634. The molecule has 0 saturated carbocycles. The van der Waals surface area contributed by atoms with Gasteiger partial charge in [0.1, 0.15) is 12.1 Å². The van der Waals surface area contributed by atoms with Gasteiger partial charge >= 0.3 is 0 Å². The Bertz CT molecular complexity index is 3370. The second kappa shape index (κ2) is 11.4. The molecule has 0 fully saturated rings. The number of benzene rings is 8. The lowest BCUT2D eigenvalue weighted by Gasteiger charge is -2.42. The summed E-state index contributed by atoms with van der Waals surface area (Å²) in [6.07, 6.45) is 0. The molecular formula is C48H28N6S. The molecule has 7 heteroatoms. The summed E-state index contributed by atoms with van der Waals surface area (Å²) in [5.74, 6) is 0.109. The molecule has 0 unspecified atom stereocenters. The molecule has 0 atom stereocenters. The Morgan fingerprint density at radius 2 is 1.05 bits per heavy atom. The summed E-state index contributed by atoms with van der Waals surface area (Å²) < 4.78 is 2.48. The van der Waals surface area contributed by atoms with Crippen LogP contribution in [0.15, 0.2) is 133 Å². The first-order valence-electron chi connectivity index (χ1n) is 18.1.